The Kier molecular flexibility index (Phi) is 5.99. The number of nitrogens with zero attached hydrogens (tertiary/aromatic N) is 1. The first-order valence-electron chi connectivity index (χ1n) is 7.10. The maximum Gasteiger partial charge on any atom is 0.226 e. The number of hydrogen-bond donors (Lipinski definition) is 1. The molecule has 2 rings (SSSR count). The molecule has 6 heteroatoms. The Bertz CT molecular complexity index is 499. The molecule has 1 atom stereocenters. The predicted octanol–water partition coefficient (Wildman–Crippen LogP) is 2.43. The number of carbonyl (C=O) groups is 1. The highest BCUT2D eigenvalue weighted by Crippen LogP contribution is 2.22. The second kappa shape index (κ2) is 7.75. The van der Waals surface area contributed by atoms with Crippen LogP contribution in [0.15, 0.2) is 22.7 Å². The molecule has 0 unspecified atom stereocenters. The third-order valence-electron chi connectivity index (χ3n) is 3.60. The number of carbonyl (C=O) groups excluding carboxylic acids is 1. The number of ether oxygens (including phenoxy) is 1. The highest BCUT2D eigenvalue weighted by atomic mass is 79.9. The molecule has 1 saturated heterocycles. The lowest BCUT2D eigenvalue weighted by molar-refractivity contribution is -0.130. The minimum absolute atomic E-state index is 0.0751. The molecular formula is C15H20BrFN2O2. The van der Waals surface area contributed by atoms with Crippen molar-refractivity contribution in [2.24, 2.45) is 5.92 Å². The molecule has 1 amide bonds. The molecule has 1 N–H and O–H groups in total. The van der Waals surface area contributed by atoms with Crippen LogP contribution in [0.3, 0.4) is 0 Å². The molecule has 116 valence electrons. The van der Waals surface area contributed by atoms with E-state index < -0.39 is 5.82 Å². The first-order valence-corrected chi connectivity index (χ1v) is 7.89. The van der Waals surface area contributed by atoms with E-state index in [9.17, 15) is 9.18 Å². The van der Waals surface area contributed by atoms with Gasteiger partial charge in [0.1, 0.15) is 0 Å². The lowest BCUT2D eigenvalue weighted by atomic mass is 10.1. The minimum atomic E-state index is -0.424. The van der Waals surface area contributed by atoms with Gasteiger partial charge in [0.05, 0.1) is 13.0 Å². The van der Waals surface area contributed by atoms with Crippen LogP contribution in [0.5, 0.6) is 5.75 Å². The van der Waals surface area contributed by atoms with Crippen LogP contribution in [-0.2, 0) is 4.79 Å². The fourth-order valence-corrected chi connectivity index (χ4v) is 2.85. The van der Waals surface area contributed by atoms with Gasteiger partial charge in [0.25, 0.3) is 0 Å². The van der Waals surface area contributed by atoms with Gasteiger partial charge in [-0.1, -0.05) is 15.9 Å². The van der Waals surface area contributed by atoms with Gasteiger partial charge in [-0.25, -0.2) is 4.39 Å². The van der Waals surface area contributed by atoms with Crippen molar-refractivity contribution in [3.63, 3.8) is 0 Å². The summed E-state index contributed by atoms with van der Waals surface area (Å²) in [6, 6.07) is 4.62. The summed E-state index contributed by atoms with van der Waals surface area (Å²) < 4.78 is 19.6. The van der Waals surface area contributed by atoms with E-state index in [1.54, 1.807) is 12.1 Å². The molecule has 21 heavy (non-hydrogen) atoms. The summed E-state index contributed by atoms with van der Waals surface area (Å²) >= 11 is 3.19. The molecule has 0 radical (unpaired) electrons. The average Bonchev–Trinajstić information content (AvgIpc) is 2.90. The molecule has 0 spiro atoms. The SMILES string of the molecule is CNC[C@H]1CCN(C(=O)CCOc2ccc(Br)cc2F)C1. The van der Waals surface area contributed by atoms with Gasteiger partial charge in [0, 0.05) is 17.6 Å². The second-order valence-electron chi connectivity index (χ2n) is 5.23. The van der Waals surface area contributed by atoms with E-state index in [0.29, 0.717) is 10.4 Å². The zero-order chi connectivity index (χ0) is 15.2. The van der Waals surface area contributed by atoms with Gasteiger partial charge in [-0.2, -0.15) is 0 Å². The molecule has 1 aromatic carbocycles. The van der Waals surface area contributed by atoms with Crippen molar-refractivity contribution in [1.29, 1.82) is 0 Å². The van der Waals surface area contributed by atoms with Crippen molar-refractivity contribution < 1.29 is 13.9 Å². The second-order valence-corrected chi connectivity index (χ2v) is 6.14. The first-order chi connectivity index (χ1) is 10.1. The van der Waals surface area contributed by atoms with Crippen molar-refractivity contribution >= 4 is 21.8 Å². The molecule has 1 heterocycles. The number of rotatable bonds is 6. The van der Waals surface area contributed by atoms with Crippen molar-refractivity contribution in [1.82, 2.24) is 10.2 Å². The van der Waals surface area contributed by atoms with Crippen molar-refractivity contribution in [3.05, 3.63) is 28.5 Å². The smallest absolute Gasteiger partial charge is 0.226 e. The van der Waals surface area contributed by atoms with Gasteiger partial charge in [0.2, 0.25) is 5.91 Å². The van der Waals surface area contributed by atoms with Gasteiger partial charge in [-0.05, 0) is 44.1 Å². The predicted molar refractivity (Wildman–Crippen MR) is 82.8 cm³/mol. The molecule has 1 aliphatic rings. The molecule has 1 fully saturated rings. The number of benzene rings is 1. The van der Waals surface area contributed by atoms with Crippen molar-refractivity contribution in [2.75, 3.05) is 33.3 Å². The average molecular weight is 359 g/mol. The van der Waals surface area contributed by atoms with Crippen LogP contribution >= 0.6 is 15.9 Å². The molecule has 0 aliphatic carbocycles. The van der Waals surface area contributed by atoms with Gasteiger partial charge in [0.15, 0.2) is 11.6 Å². The van der Waals surface area contributed by atoms with Crippen LogP contribution in [0, 0.1) is 11.7 Å². The highest BCUT2D eigenvalue weighted by Gasteiger charge is 2.25. The Labute approximate surface area is 132 Å². The largest absolute Gasteiger partial charge is 0.490 e. The molecule has 4 nitrogen and oxygen atoms in total. The maximum absolute atomic E-state index is 13.6. The summed E-state index contributed by atoms with van der Waals surface area (Å²) in [5.41, 5.74) is 0. The summed E-state index contributed by atoms with van der Waals surface area (Å²) in [5.74, 6) is 0.363. The van der Waals surface area contributed by atoms with E-state index in [-0.39, 0.29) is 24.7 Å². The molecule has 1 aromatic rings. The molecule has 0 bridgehead atoms. The molecule has 0 aromatic heterocycles. The Morgan fingerprint density at radius 1 is 1.57 bits per heavy atom. The number of nitrogens with one attached hydrogen (secondary N) is 1. The van der Waals surface area contributed by atoms with E-state index in [1.165, 1.54) is 6.07 Å². The fraction of sp³-hybridized carbons (Fsp3) is 0.533. The minimum Gasteiger partial charge on any atom is -0.490 e. The number of hydrogen-bond acceptors (Lipinski definition) is 3. The quantitative estimate of drug-likeness (QED) is 0.848. The summed E-state index contributed by atoms with van der Waals surface area (Å²) in [6.07, 6.45) is 1.32. The van der Waals surface area contributed by atoms with Crippen molar-refractivity contribution in [2.45, 2.75) is 12.8 Å². The van der Waals surface area contributed by atoms with Crippen LogP contribution < -0.4 is 10.1 Å². The summed E-state index contributed by atoms with van der Waals surface area (Å²) in [5, 5.41) is 3.14. The topological polar surface area (TPSA) is 41.6 Å². The third kappa shape index (κ3) is 4.68. The molecule has 0 saturated carbocycles. The van der Waals surface area contributed by atoms with Gasteiger partial charge < -0.3 is 15.0 Å². The zero-order valence-electron chi connectivity index (χ0n) is 12.1. The monoisotopic (exact) mass is 358 g/mol. The van der Waals surface area contributed by atoms with Crippen LogP contribution in [-0.4, -0.2) is 44.1 Å². The van der Waals surface area contributed by atoms with E-state index in [0.717, 1.165) is 26.1 Å². The number of amides is 1. The number of halogens is 2. The Balaban J connectivity index is 1.74. The first kappa shape index (κ1) is 16.2. The molecular weight excluding hydrogens is 339 g/mol. The normalized spacial score (nSPS) is 18.0. The van der Waals surface area contributed by atoms with E-state index in [1.807, 2.05) is 11.9 Å². The van der Waals surface area contributed by atoms with E-state index >= 15 is 0 Å². The summed E-state index contributed by atoms with van der Waals surface area (Å²) in [7, 11) is 1.92. The van der Waals surface area contributed by atoms with Crippen LogP contribution in [0.2, 0.25) is 0 Å². The molecule has 1 aliphatic heterocycles. The van der Waals surface area contributed by atoms with E-state index in [2.05, 4.69) is 21.2 Å². The maximum atomic E-state index is 13.6. The van der Waals surface area contributed by atoms with Crippen LogP contribution in [0.1, 0.15) is 12.8 Å². The van der Waals surface area contributed by atoms with Crippen LogP contribution in [0.25, 0.3) is 0 Å². The van der Waals surface area contributed by atoms with Gasteiger partial charge in [-0.15, -0.1) is 0 Å². The Hall–Kier alpha value is -1.14. The third-order valence-corrected chi connectivity index (χ3v) is 4.09. The van der Waals surface area contributed by atoms with Crippen LogP contribution in [0.4, 0.5) is 4.39 Å². The standard InChI is InChI=1S/C15H20BrFN2O2/c1-18-9-11-4-6-19(10-11)15(20)5-7-21-14-3-2-12(16)8-13(14)17/h2-3,8,11,18H,4-7,9-10H2,1H3/t11-/m1/s1. The fourth-order valence-electron chi connectivity index (χ4n) is 2.51. The lowest BCUT2D eigenvalue weighted by Crippen LogP contribution is -2.31. The highest BCUT2D eigenvalue weighted by molar-refractivity contribution is 9.10. The Morgan fingerprint density at radius 2 is 2.38 bits per heavy atom. The van der Waals surface area contributed by atoms with Crippen molar-refractivity contribution in [3.8, 4) is 5.75 Å². The number of likely N-dealkylation sites (tertiary alicyclic amines) is 1. The van der Waals surface area contributed by atoms with E-state index in [4.69, 9.17) is 4.74 Å². The van der Waals surface area contributed by atoms with Gasteiger partial charge in [-0.3, -0.25) is 4.79 Å². The lowest BCUT2D eigenvalue weighted by Gasteiger charge is -2.17. The zero-order valence-corrected chi connectivity index (χ0v) is 13.7. The Morgan fingerprint density at radius 3 is 3.10 bits per heavy atom. The summed E-state index contributed by atoms with van der Waals surface area (Å²) in [6.45, 7) is 2.74. The van der Waals surface area contributed by atoms with Gasteiger partial charge >= 0.3 is 0 Å². The summed E-state index contributed by atoms with van der Waals surface area (Å²) in [4.78, 5) is 13.9.